The number of fused-ring (bicyclic) bond motifs is 1. The zero-order valence-electron chi connectivity index (χ0n) is 15.8. The van der Waals surface area contributed by atoms with E-state index < -0.39 is 5.97 Å². The van der Waals surface area contributed by atoms with Gasteiger partial charge in [0, 0.05) is 18.3 Å². The van der Waals surface area contributed by atoms with Gasteiger partial charge >= 0.3 is 5.97 Å². The summed E-state index contributed by atoms with van der Waals surface area (Å²) in [6.45, 7) is 1.47. The summed E-state index contributed by atoms with van der Waals surface area (Å²) in [5.74, 6) is -0.682. The number of benzene rings is 1. The van der Waals surface area contributed by atoms with E-state index in [1.165, 1.54) is 23.2 Å². The molecule has 29 heavy (non-hydrogen) atoms. The Balaban J connectivity index is 1.47. The van der Waals surface area contributed by atoms with E-state index in [-0.39, 0.29) is 43.8 Å². The van der Waals surface area contributed by atoms with E-state index in [1.807, 2.05) is 0 Å². The fourth-order valence-electron chi connectivity index (χ4n) is 2.73. The van der Waals surface area contributed by atoms with Crippen molar-refractivity contribution < 1.29 is 28.7 Å². The third-order valence-corrected chi connectivity index (χ3v) is 5.29. The Hall–Kier alpha value is -3.20. The number of thiophene rings is 1. The molecule has 0 bridgehead atoms. The Labute approximate surface area is 171 Å². The van der Waals surface area contributed by atoms with E-state index in [0.29, 0.717) is 22.9 Å². The highest BCUT2D eigenvalue weighted by Crippen LogP contribution is 2.31. The van der Waals surface area contributed by atoms with Crippen LogP contribution < -0.4 is 15.0 Å². The molecule has 8 nitrogen and oxygen atoms in total. The van der Waals surface area contributed by atoms with Crippen molar-refractivity contribution in [1.82, 2.24) is 5.32 Å². The van der Waals surface area contributed by atoms with Crippen molar-refractivity contribution >= 4 is 40.6 Å². The van der Waals surface area contributed by atoms with Crippen LogP contribution in [0, 0.1) is 0 Å². The average molecular weight is 416 g/mol. The summed E-state index contributed by atoms with van der Waals surface area (Å²) in [5, 5.41) is 2.66. The predicted octanol–water partition coefficient (Wildman–Crippen LogP) is 1.93. The number of para-hydroxylation sites is 2. The monoisotopic (exact) mass is 416 g/mol. The Kier molecular flexibility index (Phi) is 6.61. The van der Waals surface area contributed by atoms with Crippen LogP contribution in [0.2, 0.25) is 0 Å². The summed E-state index contributed by atoms with van der Waals surface area (Å²) >= 11 is 1.24. The summed E-state index contributed by atoms with van der Waals surface area (Å²) < 4.78 is 10.4. The minimum absolute atomic E-state index is 0.0361. The molecular formula is C20H20N2O6S. The molecule has 0 spiro atoms. The van der Waals surface area contributed by atoms with Gasteiger partial charge in [-0.05, 0) is 24.3 Å². The van der Waals surface area contributed by atoms with Crippen molar-refractivity contribution in [3.63, 3.8) is 0 Å². The number of esters is 1. The van der Waals surface area contributed by atoms with Gasteiger partial charge in [-0.1, -0.05) is 12.1 Å². The molecule has 1 aliphatic heterocycles. The maximum Gasteiger partial charge on any atom is 0.308 e. The molecule has 1 aromatic heterocycles. The smallest absolute Gasteiger partial charge is 0.308 e. The second-order valence-corrected chi connectivity index (χ2v) is 7.48. The third kappa shape index (κ3) is 5.41. The lowest BCUT2D eigenvalue weighted by atomic mass is 10.2. The summed E-state index contributed by atoms with van der Waals surface area (Å²) in [4.78, 5) is 50.0. The zero-order valence-corrected chi connectivity index (χ0v) is 16.6. The molecule has 1 N–H and O–H groups in total. The number of anilines is 1. The third-order valence-electron chi connectivity index (χ3n) is 4.16. The van der Waals surface area contributed by atoms with Gasteiger partial charge in [-0.2, -0.15) is 0 Å². The SMILES string of the molecule is CC(=O)NCc1ccc(C(=O)COC(=O)CCN2C(=O)COc3ccccc32)s1. The molecule has 152 valence electrons. The largest absolute Gasteiger partial charge is 0.482 e. The van der Waals surface area contributed by atoms with E-state index in [2.05, 4.69) is 5.32 Å². The topological polar surface area (TPSA) is 102 Å². The number of hydrogen-bond acceptors (Lipinski definition) is 7. The van der Waals surface area contributed by atoms with Crippen molar-refractivity contribution in [3.8, 4) is 5.75 Å². The number of ether oxygens (including phenoxy) is 2. The van der Waals surface area contributed by atoms with Crippen LogP contribution in [0.15, 0.2) is 36.4 Å². The molecule has 0 fully saturated rings. The first-order valence-corrected chi connectivity index (χ1v) is 9.80. The van der Waals surface area contributed by atoms with Crippen LogP contribution in [0.5, 0.6) is 5.75 Å². The lowest BCUT2D eigenvalue weighted by Crippen LogP contribution is -2.40. The van der Waals surface area contributed by atoms with E-state index in [9.17, 15) is 19.2 Å². The maximum absolute atomic E-state index is 12.2. The summed E-state index contributed by atoms with van der Waals surface area (Å²) in [7, 11) is 0. The number of amides is 2. The number of Topliss-reactive ketones (excluding diaryl/α,β-unsaturated/α-hetero) is 1. The van der Waals surface area contributed by atoms with Crippen molar-refractivity contribution in [2.45, 2.75) is 19.9 Å². The number of hydrogen-bond donors (Lipinski definition) is 1. The summed E-state index contributed by atoms with van der Waals surface area (Å²) in [6, 6.07) is 10.5. The molecule has 0 aliphatic carbocycles. The molecule has 0 atom stereocenters. The van der Waals surface area contributed by atoms with Gasteiger partial charge in [-0.15, -0.1) is 11.3 Å². The number of rotatable bonds is 8. The number of ketones is 1. The van der Waals surface area contributed by atoms with Crippen LogP contribution >= 0.6 is 11.3 Å². The van der Waals surface area contributed by atoms with Crippen molar-refractivity contribution in [2.24, 2.45) is 0 Å². The molecule has 0 saturated heterocycles. The molecular weight excluding hydrogens is 396 g/mol. The molecule has 9 heteroatoms. The first-order valence-electron chi connectivity index (χ1n) is 8.98. The molecule has 2 aromatic rings. The molecule has 2 amide bonds. The molecule has 0 radical (unpaired) electrons. The van der Waals surface area contributed by atoms with E-state index in [0.717, 1.165) is 4.88 Å². The fraction of sp³-hybridized carbons (Fsp3) is 0.300. The van der Waals surface area contributed by atoms with Crippen LogP contribution in [0.1, 0.15) is 27.9 Å². The van der Waals surface area contributed by atoms with Gasteiger partial charge < -0.3 is 19.7 Å². The number of carbonyl (C=O) groups is 4. The Morgan fingerprint density at radius 3 is 2.79 bits per heavy atom. The van der Waals surface area contributed by atoms with Crippen LogP contribution in [0.25, 0.3) is 0 Å². The van der Waals surface area contributed by atoms with Gasteiger partial charge in [-0.25, -0.2) is 0 Å². The lowest BCUT2D eigenvalue weighted by molar-refractivity contribution is -0.142. The average Bonchev–Trinajstić information content (AvgIpc) is 3.19. The molecule has 0 saturated carbocycles. The van der Waals surface area contributed by atoms with Crippen LogP contribution in [-0.2, 0) is 25.7 Å². The highest BCUT2D eigenvalue weighted by molar-refractivity contribution is 7.14. The van der Waals surface area contributed by atoms with Gasteiger partial charge in [0.15, 0.2) is 13.2 Å². The van der Waals surface area contributed by atoms with Gasteiger partial charge in [0.05, 0.1) is 23.5 Å². The predicted molar refractivity (Wildman–Crippen MR) is 106 cm³/mol. The lowest BCUT2D eigenvalue weighted by Gasteiger charge is -2.28. The minimum Gasteiger partial charge on any atom is -0.482 e. The summed E-state index contributed by atoms with van der Waals surface area (Å²) in [6.07, 6.45) is -0.0361. The van der Waals surface area contributed by atoms with Crippen LogP contribution in [0.4, 0.5) is 5.69 Å². The molecule has 3 rings (SSSR count). The van der Waals surface area contributed by atoms with Crippen molar-refractivity contribution in [2.75, 3.05) is 24.7 Å². The van der Waals surface area contributed by atoms with E-state index >= 15 is 0 Å². The van der Waals surface area contributed by atoms with Gasteiger partial charge in [0.1, 0.15) is 5.75 Å². The molecule has 2 heterocycles. The van der Waals surface area contributed by atoms with E-state index in [4.69, 9.17) is 9.47 Å². The first kappa shape index (κ1) is 20.5. The summed E-state index contributed by atoms with van der Waals surface area (Å²) in [5.41, 5.74) is 0.609. The molecule has 0 unspecified atom stereocenters. The van der Waals surface area contributed by atoms with Gasteiger partial charge in [-0.3, -0.25) is 19.2 Å². The zero-order chi connectivity index (χ0) is 20.8. The molecule has 1 aliphatic rings. The maximum atomic E-state index is 12.2. The van der Waals surface area contributed by atoms with Gasteiger partial charge in [0.2, 0.25) is 11.7 Å². The highest BCUT2D eigenvalue weighted by atomic mass is 32.1. The number of carbonyl (C=O) groups excluding carboxylic acids is 4. The Morgan fingerprint density at radius 1 is 1.21 bits per heavy atom. The quantitative estimate of drug-likeness (QED) is 0.521. The first-order chi connectivity index (χ1) is 13.9. The number of nitrogens with one attached hydrogen (secondary N) is 1. The highest BCUT2D eigenvalue weighted by Gasteiger charge is 2.25. The van der Waals surface area contributed by atoms with E-state index in [1.54, 1.807) is 36.4 Å². The Bertz CT molecular complexity index is 939. The second-order valence-electron chi connectivity index (χ2n) is 6.31. The fourth-order valence-corrected chi connectivity index (χ4v) is 3.60. The minimum atomic E-state index is -0.565. The van der Waals surface area contributed by atoms with Gasteiger partial charge in [0.25, 0.3) is 5.91 Å². The Morgan fingerprint density at radius 2 is 2.00 bits per heavy atom. The van der Waals surface area contributed by atoms with Crippen molar-refractivity contribution in [3.05, 3.63) is 46.2 Å². The number of nitrogens with zero attached hydrogens (tertiary/aromatic N) is 1. The normalized spacial score (nSPS) is 12.7. The van der Waals surface area contributed by atoms with Crippen LogP contribution in [-0.4, -0.2) is 43.3 Å². The van der Waals surface area contributed by atoms with Crippen molar-refractivity contribution in [1.29, 1.82) is 0 Å². The molecule has 1 aromatic carbocycles. The van der Waals surface area contributed by atoms with Crippen LogP contribution in [0.3, 0.4) is 0 Å². The standard InChI is InChI=1S/C20H20N2O6S/c1-13(23)21-10-14-6-7-18(29-14)16(24)11-28-20(26)8-9-22-15-4-2-3-5-17(15)27-12-19(22)25/h2-7H,8-12H2,1H3,(H,21,23). The second kappa shape index (κ2) is 9.33.